The second-order valence-electron chi connectivity index (χ2n) is 17.7. The largest absolute Gasteiger partial charge is 0.391 e. The molecule has 1 fully saturated rings. The van der Waals surface area contributed by atoms with E-state index in [1.807, 2.05) is 64.1 Å². The molecule has 1 heterocycles. The van der Waals surface area contributed by atoms with Gasteiger partial charge in [-0.2, -0.15) is 11.8 Å². The summed E-state index contributed by atoms with van der Waals surface area (Å²) in [7, 11) is 0. The third-order valence-electron chi connectivity index (χ3n) is 11.6. The normalized spacial score (nSPS) is 16.8. The van der Waals surface area contributed by atoms with Gasteiger partial charge in [-0.15, -0.1) is 0 Å². The molecule has 6 atom stereocenters. The van der Waals surface area contributed by atoms with Crippen molar-refractivity contribution in [2.45, 2.75) is 136 Å². The van der Waals surface area contributed by atoms with Gasteiger partial charge in [-0.3, -0.25) is 24.2 Å². The molecule has 3 aromatic rings. The Kier molecular flexibility index (Phi) is 18.5. The summed E-state index contributed by atoms with van der Waals surface area (Å²) in [6.07, 6.45) is 8.04. The maximum absolute atomic E-state index is 14.0. The van der Waals surface area contributed by atoms with Crippen LogP contribution in [0.25, 0.3) is 10.8 Å². The lowest BCUT2D eigenvalue weighted by molar-refractivity contribution is -0.134. The van der Waals surface area contributed by atoms with Crippen LogP contribution in [0, 0.1) is 29.6 Å². The number of carbonyl (C=O) groups excluding carboxylic acids is 4. The Bertz CT molecular complexity index is 1750. The zero-order chi connectivity index (χ0) is 42.2. The number of nitrogens with zero attached hydrogens (tertiary/aromatic N) is 1. The van der Waals surface area contributed by atoms with Crippen molar-refractivity contribution < 1.29 is 24.3 Å². The fraction of sp³-hybridized carbons (Fsp3) is 0.596. The van der Waals surface area contributed by atoms with E-state index in [2.05, 4.69) is 71.3 Å². The van der Waals surface area contributed by atoms with Crippen LogP contribution in [0.4, 0.5) is 0 Å². The minimum absolute atomic E-state index is 0.0381. The molecule has 0 aliphatic heterocycles. The van der Waals surface area contributed by atoms with Crippen LogP contribution in [0.2, 0.25) is 0 Å². The molecule has 10 nitrogen and oxygen atoms in total. The van der Waals surface area contributed by atoms with Crippen molar-refractivity contribution in [3.8, 4) is 0 Å². The van der Waals surface area contributed by atoms with Gasteiger partial charge in [-0.05, 0) is 65.5 Å². The number of carbonyl (C=O) groups is 4. The zero-order valence-corrected chi connectivity index (χ0v) is 36.7. The first kappa shape index (κ1) is 46.7. The molecule has 2 aromatic carbocycles. The van der Waals surface area contributed by atoms with E-state index < -0.39 is 24.1 Å². The Morgan fingerprint density at radius 2 is 1.57 bits per heavy atom. The molecule has 11 heteroatoms. The number of thioether (sulfide) groups is 1. The van der Waals surface area contributed by atoms with Crippen molar-refractivity contribution in [1.82, 2.24) is 26.3 Å². The number of amides is 4. The summed E-state index contributed by atoms with van der Waals surface area (Å²) in [6, 6.07) is 18.5. The zero-order valence-electron chi connectivity index (χ0n) is 35.9. The van der Waals surface area contributed by atoms with E-state index in [0.717, 1.165) is 47.7 Å². The summed E-state index contributed by atoms with van der Waals surface area (Å²) in [6.45, 7) is 14.2. The van der Waals surface area contributed by atoms with Gasteiger partial charge in [-0.25, -0.2) is 0 Å². The van der Waals surface area contributed by atoms with Gasteiger partial charge in [0.05, 0.1) is 36.8 Å². The van der Waals surface area contributed by atoms with Crippen molar-refractivity contribution in [3.63, 3.8) is 0 Å². The smallest absolute Gasteiger partial charge is 0.243 e. The van der Waals surface area contributed by atoms with Crippen LogP contribution in [-0.4, -0.2) is 69.0 Å². The summed E-state index contributed by atoms with van der Waals surface area (Å²) < 4.78 is -0.0381. The van der Waals surface area contributed by atoms with Gasteiger partial charge in [-0.1, -0.05) is 136 Å². The van der Waals surface area contributed by atoms with Crippen LogP contribution in [-0.2, 0) is 32.1 Å². The Labute approximate surface area is 351 Å². The molecule has 318 valence electrons. The monoisotopic (exact) mass is 816 g/mol. The van der Waals surface area contributed by atoms with Gasteiger partial charge < -0.3 is 26.4 Å². The number of hydrogen-bond donors (Lipinski definition) is 5. The number of pyridine rings is 1. The molecule has 0 saturated heterocycles. The second-order valence-corrected chi connectivity index (χ2v) is 19.5. The minimum Gasteiger partial charge on any atom is -0.391 e. The van der Waals surface area contributed by atoms with Gasteiger partial charge in [0.25, 0.3) is 0 Å². The van der Waals surface area contributed by atoms with E-state index in [0.29, 0.717) is 30.9 Å². The maximum Gasteiger partial charge on any atom is 0.243 e. The number of aliphatic hydroxyl groups is 1. The Hall–Kier alpha value is -3.96. The van der Waals surface area contributed by atoms with Gasteiger partial charge in [0.2, 0.25) is 23.6 Å². The Morgan fingerprint density at radius 3 is 2.24 bits per heavy atom. The average Bonchev–Trinajstić information content (AvgIpc) is 3.21. The van der Waals surface area contributed by atoms with Gasteiger partial charge >= 0.3 is 0 Å². The van der Waals surface area contributed by atoms with Crippen LogP contribution in [0.15, 0.2) is 66.9 Å². The molecular formula is C47H69N5O5S. The van der Waals surface area contributed by atoms with E-state index in [1.165, 1.54) is 6.42 Å². The number of rotatable bonds is 21. The number of fused-ring (bicyclic) bond motifs is 1. The van der Waals surface area contributed by atoms with Crippen LogP contribution in [0.5, 0.6) is 0 Å². The lowest BCUT2D eigenvalue weighted by atomic mass is 9.81. The van der Waals surface area contributed by atoms with Crippen molar-refractivity contribution >= 4 is 46.2 Å². The number of aliphatic hydroxyl groups excluding tert-OH is 1. The molecule has 5 N–H and O–H groups in total. The van der Waals surface area contributed by atoms with Crippen molar-refractivity contribution in [1.29, 1.82) is 0 Å². The molecule has 0 bridgehead atoms. The van der Waals surface area contributed by atoms with Crippen LogP contribution >= 0.6 is 11.8 Å². The number of hydrogen-bond acceptors (Lipinski definition) is 7. The van der Waals surface area contributed by atoms with Crippen molar-refractivity contribution in [2.24, 2.45) is 29.6 Å². The molecule has 58 heavy (non-hydrogen) atoms. The van der Waals surface area contributed by atoms with Crippen LogP contribution in [0.1, 0.15) is 111 Å². The SMILES string of the molecule is CC[C@@H](C)C(NC(=O)C(C[C@H](O)C(CC1CCCCC1)NC(=O)CNC(=O)[C@@H](CSC(C)(C)C)Cc1cccc2ccccc12)C(C)C)C(=O)NCc1ccccn1. The Morgan fingerprint density at radius 1 is 0.862 bits per heavy atom. The van der Waals surface area contributed by atoms with E-state index in [4.69, 9.17) is 0 Å². The summed E-state index contributed by atoms with van der Waals surface area (Å²) >= 11 is 1.73. The first-order chi connectivity index (χ1) is 27.6. The van der Waals surface area contributed by atoms with Crippen molar-refractivity contribution in [3.05, 3.63) is 78.1 Å². The fourth-order valence-corrected chi connectivity index (χ4v) is 8.81. The highest BCUT2D eigenvalue weighted by atomic mass is 32.2. The lowest BCUT2D eigenvalue weighted by Crippen LogP contribution is -2.53. The summed E-state index contributed by atoms with van der Waals surface area (Å²) in [5, 5.41) is 26.1. The second kappa shape index (κ2) is 23.0. The number of benzene rings is 2. The molecule has 0 spiro atoms. The molecule has 1 saturated carbocycles. The van der Waals surface area contributed by atoms with E-state index in [1.54, 1.807) is 18.0 Å². The number of aromatic nitrogens is 1. The van der Waals surface area contributed by atoms with E-state index in [9.17, 15) is 24.3 Å². The highest BCUT2D eigenvalue weighted by molar-refractivity contribution is 8.00. The predicted octanol–water partition coefficient (Wildman–Crippen LogP) is 7.37. The highest BCUT2D eigenvalue weighted by Gasteiger charge is 2.35. The molecule has 3 unspecified atom stereocenters. The third-order valence-corrected chi connectivity index (χ3v) is 13.0. The lowest BCUT2D eigenvalue weighted by Gasteiger charge is -2.33. The fourth-order valence-electron chi connectivity index (χ4n) is 7.84. The van der Waals surface area contributed by atoms with E-state index >= 15 is 0 Å². The molecule has 0 radical (unpaired) electrons. The first-order valence-electron chi connectivity index (χ1n) is 21.5. The quantitative estimate of drug-likeness (QED) is 0.0754. The van der Waals surface area contributed by atoms with Gasteiger partial charge in [0, 0.05) is 22.6 Å². The average molecular weight is 816 g/mol. The topological polar surface area (TPSA) is 150 Å². The van der Waals surface area contributed by atoms with Crippen molar-refractivity contribution in [2.75, 3.05) is 12.3 Å². The molecular weight excluding hydrogens is 747 g/mol. The Balaban J connectivity index is 1.44. The predicted molar refractivity (Wildman–Crippen MR) is 236 cm³/mol. The van der Waals surface area contributed by atoms with E-state index in [-0.39, 0.29) is 65.6 Å². The van der Waals surface area contributed by atoms with Gasteiger partial charge in [0.15, 0.2) is 0 Å². The molecule has 1 aliphatic carbocycles. The standard InChI is InChI=1S/C47H69N5O5S/c1-8-32(4)43(46(57)49-28-37-22-14-15-24-48-37)52-45(56)39(31(2)3)27-41(53)40(25-33-17-10-9-11-18-33)51-42(54)29-50-44(55)36(30-58-47(5,6)7)26-35-21-16-20-34-19-12-13-23-38(34)35/h12-16,19-24,31-33,36,39-41,43,53H,8-11,17-18,25-30H2,1-7H3,(H,49,57)(H,50,55)(H,51,54)(H,52,56)/t32-,36-,39?,40?,41+,43?/m1/s1. The molecule has 1 aliphatic rings. The highest BCUT2D eigenvalue weighted by Crippen LogP contribution is 2.31. The summed E-state index contributed by atoms with van der Waals surface area (Å²) in [5.41, 5.74) is 1.82. The van der Waals surface area contributed by atoms with Crippen LogP contribution in [0.3, 0.4) is 0 Å². The summed E-state index contributed by atoms with van der Waals surface area (Å²) in [4.78, 5) is 59.1. The maximum atomic E-state index is 14.0. The number of nitrogens with one attached hydrogen (secondary N) is 4. The first-order valence-corrected chi connectivity index (χ1v) is 22.5. The minimum atomic E-state index is -1.01. The summed E-state index contributed by atoms with van der Waals surface area (Å²) in [5.74, 6) is -1.41. The molecule has 4 amide bonds. The molecule has 4 rings (SSSR count). The van der Waals surface area contributed by atoms with Gasteiger partial charge in [0.1, 0.15) is 6.04 Å². The molecule has 1 aromatic heterocycles. The van der Waals surface area contributed by atoms with Crippen LogP contribution < -0.4 is 21.3 Å². The third kappa shape index (κ3) is 15.0.